The summed E-state index contributed by atoms with van der Waals surface area (Å²) < 4.78 is 13.7. The maximum Gasteiger partial charge on any atom is 0.270 e. The number of amides is 1. The fraction of sp³-hybridized carbons (Fsp3) is 0.222. The molecule has 3 heterocycles. The average Bonchev–Trinajstić information content (AvgIpc) is 3.24. The van der Waals surface area contributed by atoms with Gasteiger partial charge < -0.3 is 9.47 Å². The molecule has 10 heteroatoms. The summed E-state index contributed by atoms with van der Waals surface area (Å²) in [5.74, 6) is 1.51. The van der Waals surface area contributed by atoms with Crippen LogP contribution in [0.4, 0.5) is 5.13 Å². The lowest BCUT2D eigenvalue weighted by molar-refractivity contribution is -0.125. The third kappa shape index (κ3) is 3.43. The second-order valence-corrected chi connectivity index (χ2v) is 7.42. The molecule has 1 amide bonds. The maximum atomic E-state index is 12.6. The molecule has 0 spiro atoms. The quantitative estimate of drug-likeness (QED) is 0.490. The van der Waals surface area contributed by atoms with Crippen LogP contribution in [-0.4, -0.2) is 38.4 Å². The predicted molar refractivity (Wildman–Crippen MR) is 108 cm³/mol. The topological polar surface area (TPSA) is 94.1 Å². The molecule has 144 valence electrons. The molecule has 0 bridgehead atoms. The molecule has 1 aliphatic rings. The minimum absolute atomic E-state index is 0.137. The van der Waals surface area contributed by atoms with Gasteiger partial charge >= 0.3 is 0 Å². The summed E-state index contributed by atoms with van der Waals surface area (Å²) >= 11 is 6.58. The van der Waals surface area contributed by atoms with Crippen molar-refractivity contribution in [3.05, 3.63) is 47.4 Å². The van der Waals surface area contributed by atoms with Gasteiger partial charge in [-0.3, -0.25) is 19.8 Å². The molecule has 28 heavy (non-hydrogen) atoms. The van der Waals surface area contributed by atoms with Gasteiger partial charge in [0.25, 0.3) is 5.91 Å². The number of aromatic amines is 1. The molecule has 2 N–H and O–H groups in total. The van der Waals surface area contributed by atoms with E-state index >= 15 is 0 Å². The number of thiazole rings is 1. The molecular formula is C18H17N5O3S2. The van der Waals surface area contributed by atoms with E-state index in [-0.39, 0.29) is 12.5 Å². The van der Waals surface area contributed by atoms with Crippen LogP contribution in [0.25, 0.3) is 10.7 Å². The molecule has 0 aliphatic carbocycles. The zero-order valence-electron chi connectivity index (χ0n) is 15.0. The Morgan fingerprint density at radius 3 is 3.07 bits per heavy atom. The van der Waals surface area contributed by atoms with Crippen LogP contribution in [0, 0.1) is 11.7 Å². The number of nitrogens with zero attached hydrogens (tertiary/aromatic N) is 3. The Balaban J connectivity index is 1.53. The molecule has 0 saturated heterocycles. The van der Waals surface area contributed by atoms with Crippen molar-refractivity contribution in [1.82, 2.24) is 19.7 Å². The molecule has 1 atom stereocenters. The lowest BCUT2D eigenvalue weighted by Crippen LogP contribution is -2.40. The first-order valence-corrected chi connectivity index (χ1v) is 9.72. The third-order valence-corrected chi connectivity index (χ3v) is 5.48. The van der Waals surface area contributed by atoms with E-state index in [2.05, 4.69) is 27.1 Å². The lowest BCUT2D eigenvalue weighted by Gasteiger charge is -2.25. The number of nitrogens with one attached hydrogen (secondary N) is 2. The molecule has 2 aromatic heterocycles. The molecule has 1 aromatic carbocycles. The number of hydrogen-bond acceptors (Lipinski definition) is 7. The summed E-state index contributed by atoms with van der Waals surface area (Å²) in [6.07, 6.45) is 0.990. The molecule has 3 aromatic rings. The lowest BCUT2D eigenvalue weighted by atomic mass is 10.2. The van der Waals surface area contributed by atoms with Gasteiger partial charge in [-0.25, -0.2) is 4.98 Å². The number of aromatic nitrogens is 4. The van der Waals surface area contributed by atoms with E-state index in [1.807, 2.05) is 23.6 Å². The minimum atomic E-state index is -0.752. The second kappa shape index (κ2) is 7.56. The Morgan fingerprint density at radius 1 is 1.50 bits per heavy atom. The molecule has 8 nitrogen and oxygen atoms in total. The fourth-order valence-electron chi connectivity index (χ4n) is 2.78. The number of benzene rings is 1. The number of anilines is 1. The number of aryl methyl sites for hydroxylation is 1. The Hall–Kier alpha value is -2.98. The van der Waals surface area contributed by atoms with Crippen LogP contribution in [0.2, 0.25) is 0 Å². The molecule has 4 rings (SSSR count). The molecule has 1 aliphatic heterocycles. The van der Waals surface area contributed by atoms with Crippen molar-refractivity contribution in [1.29, 1.82) is 0 Å². The van der Waals surface area contributed by atoms with Gasteiger partial charge in [-0.05, 0) is 31.3 Å². The average molecular weight is 416 g/mol. The summed E-state index contributed by atoms with van der Waals surface area (Å²) in [5.41, 5.74) is 0.741. The highest BCUT2D eigenvalue weighted by atomic mass is 32.1. The van der Waals surface area contributed by atoms with E-state index in [4.69, 9.17) is 21.7 Å². The van der Waals surface area contributed by atoms with Crippen molar-refractivity contribution in [2.75, 3.05) is 11.9 Å². The van der Waals surface area contributed by atoms with Gasteiger partial charge in [0, 0.05) is 6.54 Å². The summed E-state index contributed by atoms with van der Waals surface area (Å²) in [5, 5.41) is 10.3. The van der Waals surface area contributed by atoms with Gasteiger partial charge in [0.15, 0.2) is 27.2 Å². The van der Waals surface area contributed by atoms with Crippen LogP contribution >= 0.6 is 23.6 Å². The molecule has 0 saturated carbocycles. The van der Waals surface area contributed by atoms with Gasteiger partial charge in [-0.15, -0.1) is 6.58 Å². The Labute approximate surface area is 169 Å². The number of H-pyrrole nitrogens is 1. The van der Waals surface area contributed by atoms with Crippen LogP contribution in [0.3, 0.4) is 0 Å². The van der Waals surface area contributed by atoms with Crippen molar-refractivity contribution in [3.63, 3.8) is 0 Å². The van der Waals surface area contributed by atoms with Crippen molar-refractivity contribution in [2.24, 2.45) is 0 Å². The highest BCUT2D eigenvalue weighted by molar-refractivity contribution is 7.71. The highest BCUT2D eigenvalue weighted by Gasteiger charge is 2.28. The van der Waals surface area contributed by atoms with Crippen molar-refractivity contribution < 1.29 is 14.3 Å². The van der Waals surface area contributed by atoms with Crippen LogP contribution in [-0.2, 0) is 11.3 Å². The van der Waals surface area contributed by atoms with Crippen molar-refractivity contribution in [3.8, 4) is 22.2 Å². The van der Waals surface area contributed by atoms with Gasteiger partial charge in [-0.2, -0.15) is 5.10 Å². The Morgan fingerprint density at radius 2 is 2.29 bits per heavy atom. The van der Waals surface area contributed by atoms with Crippen molar-refractivity contribution >= 4 is 34.6 Å². The highest BCUT2D eigenvalue weighted by Crippen LogP contribution is 2.33. The summed E-state index contributed by atoms with van der Waals surface area (Å²) in [7, 11) is 0. The molecule has 0 fully saturated rings. The number of carbonyl (C=O) groups is 1. The predicted octanol–water partition coefficient (Wildman–Crippen LogP) is 3.34. The standard InChI is InChI=1S/C18H17N5O3S2/c1-3-8-23-15(21-22-18(23)27)14-10(2)19-17(28-14)20-16(24)13-9-25-11-6-4-5-7-12(11)26-13/h3-7,13H,1,8-9H2,2H3,(H,22,27)(H,19,20,24). The van der Waals surface area contributed by atoms with Gasteiger partial charge in [0.05, 0.1) is 10.6 Å². The van der Waals surface area contributed by atoms with Crippen LogP contribution in [0.1, 0.15) is 5.69 Å². The van der Waals surface area contributed by atoms with Gasteiger partial charge in [0.1, 0.15) is 6.61 Å². The molecule has 1 unspecified atom stereocenters. The zero-order valence-corrected chi connectivity index (χ0v) is 16.6. The number of rotatable bonds is 5. The SMILES string of the molecule is C=CCn1c(-c2sc(NC(=O)C3COc4ccccc4O3)nc2C)n[nH]c1=S. The summed E-state index contributed by atoms with van der Waals surface area (Å²) in [6, 6.07) is 7.25. The van der Waals surface area contributed by atoms with Crippen molar-refractivity contribution in [2.45, 2.75) is 19.6 Å². The minimum Gasteiger partial charge on any atom is -0.485 e. The largest absolute Gasteiger partial charge is 0.485 e. The Kier molecular flexibility index (Phi) is 4.97. The first kappa shape index (κ1) is 18.4. The first-order valence-electron chi connectivity index (χ1n) is 8.50. The number of carbonyl (C=O) groups excluding carboxylic acids is 1. The summed E-state index contributed by atoms with van der Waals surface area (Å²) in [4.78, 5) is 17.9. The number of allylic oxidation sites excluding steroid dienone is 1. The molecular weight excluding hydrogens is 398 g/mol. The van der Waals surface area contributed by atoms with E-state index in [0.717, 1.165) is 10.6 Å². The smallest absolute Gasteiger partial charge is 0.270 e. The fourth-order valence-corrected chi connectivity index (χ4v) is 3.96. The zero-order chi connectivity index (χ0) is 19.7. The van der Waals surface area contributed by atoms with E-state index in [1.165, 1.54) is 11.3 Å². The van der Waals surface area contributed by atoms with Crippen LogP contribution in [0.15, 0.2) is 36.9 Å². The second-order valence-electron chi connectivity index (χ2n) is 6.04. The number of hydrogen-bond donors (Lipinski definition) is 2. The van der Waals surface area contributed by atoms with E-state index in [9.17, 15) is 4.79 Å². The normalized spacial score (nSPS) is 15.2. The summed E-state index contributed by atoms with van der Waals surface area (Å²) in [6.45, 7) is 6.26. The first-order chi connectivity index (χ1) is 13.6. The molecule has 0 radical (unpaired) electrons. The monoisotopic (exact) mass is 415 g/mol. The van der Waals surface area contributed by atoms with E-state index in [0.29, 0.717) is 33.8 Å². The Bertz CT molecular complexity index is 1100. The van der Waals surface area contributed by atoms with Crippen LogP contribution < -0.4 is 14.8 Å². The third-order valence-electron chi connectivity index (χ3n) is 4.10. The van der Waals surface area contributed by atoms with Gasteiger partial charge in [0.2, 0.25) is 6.10 Å². The number of fused-ring (bicyclic) bond motifs is 1. The van der Waals surface area contributed by atoms with E-state index < -0.39 is 6.10 Å². The van der Waals surface area contributed by atoms with Crippen LogP contribution in [0.5, 0.6) is 11.5 Å². The van der Waals surface area contributed by atoms with E-state index in [1.54, 1.807) is 18.2 Å². The maximum absolute atomic E-state index is 12.6. The number of ether oxygens (including phenoxy) is 2. The number of para-hydroxylation sites is 2. The van der Waals surface area contributed by atoms with Gasteiger partial charge in [-0.1, -0.05) is 29.5 Å².